The van der Waals surface area contributed by atoms with E-state index in [0.717, 1.165) is 24.5 Å². The summed E-state index contributed by atoms with van der Waals surface area (Å²) in [6.07, 6.45) is 1.11. The zero-order valence-electron chi connectivity index (χ0n) is 8.04. The van der Waals surface area contributed by atoms with Crippen LogP contribution in [0.4, 0.5) is 0 Å². The monoisotopic (exact) mass is 178 g/mol. The number of hydrogen-bond acceptors (Lipinski definition) is 2. The second-order valence-corrected chi connectivity index (χ2v) is 3.59. The van der Waals surface area contributed by atoms with Crippen LogP contribution in [-0.2, 0) is 6.42 Å². The Morgan fingerprint density at radius 2 is 2.31 bits per heavy atom. The van der Waals surface area contributed by atoms with Crippen molar-refractivity contribution in [1.82, 2.24) is 0 Å². The van der Waals surface area contributed by atoms with Crippen LogP contribution in [0.5, 0.6) is 11.5 Å². The minimum atomic E-state index is 0.626. The van der Waals surface area contributed by atoms with Gasteiger partial charge in [0.1, 0.15) is 11.5 Å². The van der Waals surface area contributed by atoms with Crippen LogP contribution in [-0.4, -0.2) is 13.7 Å². The Morgan fingerprint density at radius 3 is 3.08 bits per heavy atom. The van der Waals surface area contributed by atoms with E-state index in [2.05, 4.69) is 13.0 Å². The molecule has 1 aliphatic heterocycles. The molecule has 2 nitrogen and oxygen atoms in total. The minimum Gasteiger partial charge on any atom is -0.497 e. The predicted octanol–water partition coefficient (Wildman–Crippen LogP) is 2.27. The normalized spacial score (nSPS) is 20.3. The molecule has 0 fully saturated rings. The van der Waals surface area contributed by atoms with E-state index in [1.54, 1.807) is 7.11 Å². The first-order valence-electron chi connectivity index (χ1n) is 4.59. The lowest BCUT2D eigenvalue weighted by molar-refractivity contribution is 0.232. The summed E-state index contributed by atoms with van der Waals surface area (Å²) in [5.74, 6) is 2.48. The summed E-state index contributed by atoms with van der Waals surface area (Å²) < 4.78 is 10.7. The highest BCUT2D eigenvalue weighted by atomic mass is 16.5. The first kappa shape index (κ1) is 8.42. The van der Waals surface area contributed by atoms with Gasteiger partial charge in [-0.25, -0.2) is 0 Å². The Morgan fingerprint density at radius 1 is 1.46 bits per heavy atom. The average Bonchev–Trinajstić information content (AvgIpc) is 2.17. The molecule has 70 valence electrons. The van der Waals surface area contributed by atoms with Crippen LogP contribution in [0.1, 0.15) is 12.5 Å². The lowest BCUT2D eigenvalue weighted by atomic mass is 9.98. The summed E-state index contributed by atoms with van der Waals surface area (Å²) in [6, 6.07) is 6.03. The Kier molecular flexibility index (Phi) is 2.13. The third kappa shape index (κ3) is 1.62. The fraction of sp³-hybridized carbons (Fsp3) is 0.455. The van der Waals surface area contributed by atoms with Crippen molar-refractivity contribution in [3.63, 3.8) is 0 Å². The Balaban J connectivity index is 2.31. The third-order valence-corrected chi connectivity index (χ3v) is 2.37. The van der Waals surface area contributed by atoms with E-state index in [9.17, 15) is 0 Å². The number of hydrogen-bond donors (Lipinski definition) is 0. The maximum atomic E-state index is 5.60. The molecule has 0 spiro atoms. The molecule has 1 aliphatic rings. The lowest BCUT2D eigenvalue weighted by Crippen LogP contribution is -2.17. The molecule has 0 bridgehead atoms. The van der Waals surface area contributed by atoms with Crippen LogP contribution in [0.2, 0.25) is 0 Å². The van der Waals surface area contributed by atoms with Crippen molar-refractivity contribution in [3.05, 3.63) is 23.8 Å². The number of fused-ring (bicyclic) bond motifs is 1. The first-order valence-corrected chi connectivity index (χ1v) is 4.59. The van der Waals surface area contributed by atoms with E-state index in [-0.39, 0.29) is 0 Å². The molecule has 0 saturated heterocycles. The van der Waals surface area contributed by atoms with Crippen LogP contribution in [0, 0.1) is 5.92 Å². The molecule has 0 aliphatic carbocycles. The van der Waals surface area contributed by atoms with Crippen LogP contribution in [0.25, 0.3) is 0 Å². The van der Waals surface area contributed by atoms with E-state index in [0.29, 0.717) is 5.92 Å². The van der Waals surface area contributed by atoms with Crippen LogP contribution < -0.4 is 9.47 Å². The molecule has 13 heavy (non-hydrogen) atoms. The highest BCUT2D eigenvalue weighted by Crippen LogP contribution is 2.30. The summed E-state index contributed by atoms with van der Waals surface area (Å²) >= 11 is 0. The molecule has 2 heteroatoms. The number of methoxy groups -OCH3 is 1. The maximum Gasteiger partial charge on any atom is 0.126 e. The minimum absolute atomic E-state index is 0.626. The molecule has 2 rings (SSSR count). The summed E-state index contributed by atoms with van der Waals surface area (Å²) in [5.41, 5.74) is 1.29. The van der Waals surface area contributed by atoms with Gasteiger partial charge in [-0.05, 0) is 24.0 Å². The van der Waals surface area contributed by atoms with E-state index >= 15 is 0 Å². The molecule has 0 radical (unpaired) electrons. The first-order chi connectivity index (χ1) is 6.29. The predicted molar refractivity (Wildman–Crippen MR) is 51.4 cm³/mol. The molecule has 0 amide bonds. The quantitative estimate of drug-likeness (QED) is 0.656. The third-order valence-electron chi connectivity index (χ3n) is 2.37. The van der Waals surface area contributed by atoms with Crippen molar-refractivity contribution < 1.29 is 9.47 Å². The second kappa shape index (κ2) is 3.29. The molecule has 1 atom stereocenters. The van der Waals surface area contributed by atoms with E-state index in [1.165, 1.54) is 5.56 Å². The van der Waals surface area contributed by atoms with Crippen molar-refractivity contribution in [1.29, 1.82) is 0 Å². The lowest BCUT2D eigenvalue weighted by Gasteiger charge is -2.22. The van der Waals surface area contributed by atoms with Crippen LogP contribution in [0.3, 0.4) is 0 Å². The fourth-order valence-electron chi connectivity index (χ4n) is 1.63. The van der Waals surface area contributed by atoms with Gasteiger partial charge in [-0.2, -0.15) is 0 Å². The average molecular weight is 178 g/mol. The van der Waals surface area contributed by atoms with Gasteiger partial charge in [0.2, 0.25) is 0 Å². The van der Waals surface area contributed by atoms with Gasteiger partial charge >= 0.3 is 0 Å². The Labute approximate surface area is 78.5 Å². The largest absolute Gasteiger partial charge is 0.497 e. The van der Waals surface area contributed by atoms with E-state index in [1.807, 2.05) is 12.1 Å². The maximum absolute atomic E-state index is 5.60. The molecular formula is C11H14O2. The van der Waals surface area contributed by atoms with Gasteiger partial charge in [-0.3, -0.25) is 0 Å². The van der Waals surface area contributed by atoms with Gasteiger partial charge in [-0.1, -0.05) is 13.0 Å². The molecule has 1 unspecified atom stereocenters. The van der Waals surface area contributed by atoms with Crippen molar-refractivity contribution in [2.24, 2.45) is 5.92 Å². The smallest absolute Gasteiger partial charge is 0.126 e. The van der Waals surface area contributed by atoms with Gasteiger partial charge in [0.05, 0.1) is 13.7 Å². The molecule has 0 N–H and O–H groups in total. The summed E-state index contributed by atoms with van der Waals surface area (Å²) in [4.78, 5) is 0. The van der Waals surface area contributed by atoms with Gasteiger partial charge in [0, 0.05) is 6.07 Å². The zero-order chi connectivity index (χ0) is 9.26. The van der Waals surface area contributed by atoms with Gasteiger partial charge < -0.3 is 9.47 Å². The summed E-state index contributed by atoms with van der Waals surface area (Å²) in [5, 5.41) is 0. The summed E-state index contributed by atoms with van der Waals surface area (Å²) in [6.45, 7) is 3.02. The SMILES string of the molecule is COc1ccc2c(c1)OCC(C)C2. The van der Waals surface area contributed by atoms with Crippen LogP contribution in [0.15, 0.2) is 18.2 Å². The van der Waals surface area contributed by atoms with E-state index in [4.69, 9.17) is 9.47 Å². The van der Waals surface area contributed by atoms with Gasteiger partial charge in [-0.15, -0.1) is 0 Å². The summed E-state index contributed by atoms with van der Waals surface area (Å²) in [7, 11) is 1.67. The van der Waals surface area contributed by atoms with Crippen molar-refractivity contribution >= 4 is 0 Å². The van der Waals surface area contributed by atoms with Crippen molar-refractivity contribution in [3.8, 4) is 11.5 Å². The molecule has 1 aromatic carbocycles. The van der Waals surface area contributed by atoms with Crippen LogP contribution >= 0.6 is 0 Å². The number of benzene rings is 1. The fourth-order valence-corrected chi connectivity index (χ4v) is 1.63. The standard InChI is InChI=1S/C11H14O2/c1-8-5-9-3-4-10(12-2)6-11(9)13-7-8/h3-4,6,8H,5,7H2,1-2H3. The molecule has 0 saturated carbocycles. The Hall–Kier alpha value is -1.18. The molecular weight excluding hydrogens is 164 g/mol. The number of ether oxygens (including phenoxy) is 2. The highest BCUT2D eigenvalue weighted by Gasteiger charge is 2.16. The number of rotatable bonds is 1. The second-order valence-electron chi connectivity index (χ2n) is 3.59. The highest BCUT2D eigenvalue weighted by molar-refractivity contribution is 5.41. The van der Waals surface area contributed by atoms with E-state index < -0.39 is 0 Å². The van der Waals surface area contributed by atoms with Crippen molar-refractivity contribution in [2.75, 3.05) is 13.7 Å². The topological polar surface area (TPSA) is 18.5 Å². The van der Waals surface area contributed by atoms with Crippen molar-refractivity contribution in [2.45, 2.75) is 13.3 Å². The molecule has 0 aromatic heterocycles. The van der Waals surface area contributed by atoms with Gasteiger partial charge in [0.15, 0.2) is 0 Å². The molecule has 1 aromatic rings. The Bertz CT molecular complexity index is 307. The zero-order valence-corrected chi connectivity index (χ0v) is 8.04. The van der Waals surface area contributed by atoms with Gasteiger partial charge in [0.25, 0.3) is 0 Å². The molecule has 1 heterocycles.